The third kappa shape index (κ3) is 4.79. The fourth-order valence-electron chi connectivity index (χ4n) is 5.54. The molecule has 5 rings (SSSR count). The van der Waals surface area contributed by atoms with Crippen LogP contribution in [0.1, 0.15) is 23.3 Å². The smallest absolute Gasteiger partial charge is 0.229 e. The van der Waals surface area contributed by atoms with Gasteiger partial charge >= 0.3 is 0 Å². The predicted octanol–water partition coefficient (Wildman–Crippen LogP) is 0.966. The van der Waals surface area contributed by atoms with E-state index in [4.69, 9.17) is 33.2 Å². The molecule has 0 saturated carbocycles. The molecule has 11 nitrogen and oxygen atoms in total. The van der Waals surface area contributed by atoms with E-state index in [9.17, 15) is 20.4 Å². The lowest BCUT2D eigenvalue weighted by atomic mass is 9.84. The summed E-state index contributed by atoms with van der Waals surface area (Å²) < 4.78 is 40.2. The highest BCUT2D eigenvalue weighted by Gasteiger charge is 2.49. The molecule has 11 heteroatoms. The Balaban J connectivity index is 1.32. The van der Waals surface area contributed by atoms with Crippen LogP contribution < -0.4 is 18.9 Å². The van der Waals surface area contributed by atoms with Gasteiger partial charge < -0.3 is 53.6 Å². The van der Waals surface area contributed by atoms with Crippen LogP contribution in [0.2, 0.25) is 0 Å². The third-order valence-corrected chi connectivity index (χ3v) is 7.61. The fraction of sp³-hybridized carbons (Fsp3) is 0.556. The summed E-state index contributed by atoms with van der Waals surface area (Å²) >= 11 is 0. The lowest BCUT2D eigenvalue weighted by molar-refractivity contribution is -0.277. The molecule has 38 heavy (non-hydrogen) atoms. The van der Waals surface area contributed by atoms with Crippen LogP contribution in [0.3, 0.4) is 0 Å². The molecule has 0 unspecified atom stereocenters. The average Bonchev–Trinajstić information content (AvgIpc) is 3.55. The Morgan fingerprint density at radius 3 is 2.13 bits per heavy atom. The summed E-state index contributed by atoms with van der Waals surface area (Å²) in [4.78, 5) is 0. The summed E-state index contributed by atoms with van der Waals surface area (Å²) in [5.74, 6) is 2.36. The SMILES string of the molecule is COc1ccc([C@H]2OC[C@@H]3[C@H]2CO[C@@H]3c2ccc(O[C@H]3O[C@@H](CO)[C@H](O)[C@@H](O)[C@@H]3O)cc2OC)cc1OC. The number of methoxy groups -OCH3 is 3. The Morgan fingerprint density at radius 1 is 0.763 bits per heavy atom. The van der Waals surface area contributed by atoms with E-state index in [1.165, 1.54) is 0 Å². The highest BCUT2D eigenvalue weighted by Crippen LogP contribution is 2.52. The van der Waals surface area contributed by atoms with Crippen molar-refractivity contribution in [2.75, 3.05) is 41.2 Å². The fourth-order valence-corrected chi connectivity index (χ4v) is 5.54. The first-order valence-electron chi connectivity index (χ1n) is 12.5. The van der Waals surface area contributed by atoms with E-state index in [1.807, 2.05) is 24.3 Å². The Kier molecular flexibility index (Phi) is 7.96. The number of ether oxygens (including phenoxy) is 7. The first-order valence-corrected chi connectivity index (χ1v) is 12.5. The van der Waals surface area contributed by atoms with Crippen LogP contribution >= 0.6 is 0 Å². The van der Waals surface area contributed by atoms with Crippen molar-refractivity contribution < 1.29 is 53.6 Å². The molecule has 9 atom stereocenters. The molecule has 3 heterocycles. The van der Waals surface area contributed by atoms with Crippen LogP contribution in [0.5, 0.6) is 23.0 Å². The standard InChI is InChI=1S/C27H34O11/c1-32-18-7-4-13(8-20(18)34-3)25-16-11-36-26(17(16)12-35-25)15-6-5-14(9-19(15)33-2)37-27-24(31)23(30)22(29)21(10-28)38-27/h4-9,16-17,21-31H,10-12H2,1-3H3/t16-,17-,21+,22+,23-,24+,25-,26-,27+/m1/s1. The molecule has 3 aliphatic heterocycles. The van der Waals surface area contributed by atoms with Crippen LogP contribution in [-0.2, 0) is 14.2 Å². The molecular weight excluding hydrogens is 500 g/mol. The molecule has 0 radical (unpaired) electrons. The van der Waals surface area contributed by atoms with Crippen LogP contribution in [0, 0.1) is 11.8 Å². The Morgan fingerprint density at radius 2 is 1.45 bits per heavy atom. The molecule has 0 bridgehead atoms. The summed E-state index contributed by atoms with van der Waals surface area (Å²) in [6.45, 7) is 0.488. The van der Waals surface area contributed by atoms with Crippen LogP contribution in [0.25, 0.3) is 0 Å². The van der Waals surface area contributed by atoms with Crippen molar-refractivity contribution in [3.8, 4) is 23.0 Å². The summed E-state index contributed by atoms with van der Waals surface area (Å²) in [5, 5.41) is 39.7. The zero-order valence-electron chi connectivity index (χ0n) is 21.4. The average molecular weight is 535 g/mol. The van der Waals surface area contributed by atoms with Gasteiger partial charge in [-0.15, -0.1) is 0 Å². The van der Waals surface area contributed by atoms with E-state index in [1.54, 1.807) is 33.5 Å². The summed E-state index contributed by atoms with van der Waals surface area (Å²) in [6.07, 6.45) is -7.27. The van der Waals surface area contributed by atoms with E-state index in [2.05, 4.69) is 0 Å². The first-order chi connectivity index (χ1) is 18.4. The summed E-state index contributed by atoms with van der Waals surface area (Å²) in [5.41, 5.74) is 1.83. The normalized spacial score (nSPS) is 34.6. The maximum Gasteiger partial charge on any atom is 0.229 e. The zero-order chi connectivity index (χ0) is 27.0. The lowest BCUT2D eigenvalue weighted by Gasteiger charge is -2.39. The van der Waals surface area contributed by atoms with Crippen LogP contribution in [0.4, 0.5) is 0 Å². The maximum absolute atomic E-state index is 10.3. The molecule has 3 fully saturated rings. The molecule has 2 aromatic rings. The van der Waals surface area contributed by atoms with Gasteiger partial charge in [-0.05, 0) is 29.8 Å². The van der Waals surface area contributed by atoms with Gasteiger partial charge in [0, 0.05) is 23.5 Å². The Labute approximate surface area is 220 Å². The van der Waals surface area contributed by atoms with Gasteiger partial charge in [-0.3, -0.25) is 0 Å². The second kappa shape index (κ2) is 11.2. The summed E-state index contributed by atoms with van der Waals surface area (Å²) in [7, 11) is 4.75. The third-order valence-electron chi connectivity index (χ3n) is 7.61. The van der Waals surface area contributed by atoms with Gasteiger partial charge in [-0.25, -0.2) is 0 Å². The van der Waals surface area contributed by atoms with Crippen LogP contribution in [0.15, 0.2) is 36.4 Å². The molecule has 0 amide bonds. The van der Waals surface area contributed by atoms with E-state index >= 15 is 0 Å². The minimum atomic E-state index is -1.53. The highest BCUT2D eigenvalue weighted by atomic mass is 16.7. The van der Waals surface area contributed by atoms with Crippen LogP contribution in [-0.4, -0.2) is 92.3 Å². The van der Waals surface area contributed by atoms with Gasteiger partial charge in [-0.1, -0.05) is 6.07 Å². The molecule has 4 N–H and O–H groups in total. The predicted molar refractivity (Wildman–Crippen MR) is 131 cm³/mol. The topological polar surface area (TPSA) is 146 Å². The molecule has 3 saturated heterocycles. The van der Waals surface area contributed by atoms with Gasteiger partial charge in [0.05, 0.1) is 53.4 Å². The number of aliphatic hydroxyl groups excluding tert-OH is 4. The summed E-state index contributed by atoms with van der Waals surface area (Å²) in [6, 6.07) is 11.0. The minimum absolute atomic E-state index is 0.0965. The number of rotatable bonds is 8. The maximum atomic E-state index is 10.3. The monoisotopic (exact) mass is 534 g/mol. The number of benzene rings is 2. The van der Waals surface area contributed by atoms with Crippen molar-refractivity contribution in [2.45, 2.75) is 42.9 Å². The van der Waals surface area contributed by atoms with Gasteiger partial charge in [0.25, 0.3) is 0 Å². The molecule has 0 spiro atoms. The van der Waals surface area contributed by atoms with E-state index in [0.29, 0.717) is 36.2 Å². The zero-order valence-corrected chi connectivity index (χ0v) is 21.4. The molecule has 2 aromatic carbocycles. The molecular formula is C27H34O11. The highest BCUT2D eigenvalue weighted by molar-refractivity contribution is 5.45. The van der Waals surface area contributed by atoms with Gasteiger partial charge in [0.2, 0.25) is 6.29 Å². The van der Waals surface area contributed by atoms with Crippen molar-refractivity contribution in [3.05, 3.63) is 47.5 Å². The largest absolute Gasteiger partial charge is 0.496 e. The van der Waals surface area contributed by atoms with E-state index < -0.39 is 37.3 Å². The second-order valence-electron chi connectivity index (χ2n) is 9.67. The van der Waals surface area contributed by atoms with Crippen molar-refractivity contribution in [3.63, 3.8) is 0 Å². The number of hydrogen-bond donors (Lipinski definition) is 4. The van der Waals surface area contributed by atoms with Crippen molar-refractivity contribution in [2.24, 2.45) is 11.8 Å². The molecule has 208 valence electrons. The number of hydrogen-bond acceptors (Lipinski definition) is 11. The van der Waals surface area contributed by atoms with Gasteiger partial charge in [-0.2, -0.15) is 0 Å². The number of aliphatic hydroxyl groups is 4. The molecule has 0 aromatic heterocycles. The Bertz CT molecular complexity index is 1110. The molecule has 3 aliphatic rings. The Hall–Kier alpha value is -2.64. The van der Waals surface area contributed by atoms with Crippen molar-refractivity contribution >= 4 is 0 Å². The lowest BCUT2D eigenvalue weighted by Crippen LogP contribution is -2.60. The second-order valence-corrected chi connectivity index (χ2v) is 9.67. The van der Waals surface area contributed by atoms with Gasteiger partial charge in [0.1, 0.15) is 35.9 Å². The van der Waals surface area contributed by atoms with Crippen molar-refractivity contribution in [1.29, 1.82) is 0 Å². The van der Waals surface area contributed by atoms with Crippen molar-refractivity contribution in [1.82, 2.24) is 0 Å². The number of fused-ring (bicyclic) bond motifs is 1. The first kappa shape index (κ1) is 26.9. The van der Waals surface area contributed by atoms with Gasteiger partial charge in [0.15, 0.2) is 11.5 Å². The van der Waals surface area contributed by atoms with E-state index in [0.717, 1.165) is 11.1 Å². The minimum Gasteiger partial charge on any atom is -0.496 e. The quantitative estimate of drug-likeness (QED) is 0.384. The molecule has 0 aliphatic carbocycles. The van der Waals surface area contributed by atoms with E-state index in [-0.39, 0.29) is 24.0 Å².